The number of nitrogens with one attached hydrogen (secondary N) is 1. The molecule has 0 aromatic heterocycles. The van der Waals surface area contributed by atoms with Crippen LogP contribution in [-0.4, -0.2) is 45.4 Å². The Morgan fingerprint density at radius 2 is 1.96 bits per heavy atom. The monoisotopic (exact) mass is 368 g/mol. The molecule has 0 spiro atoms. The van der Waals surface area contributed by atoms with Gasteiger partial charge >= 0.3 is 12.6 Å². The van der Waals surface area contributed by atoms with Crippen LogP contribution in [0.25, 0.3) is 0 Å². The van der Waals surface area contributed by atoms with Gasteiger partial charge in [-0.2, -0.15) is 8.78 Å². The lowest BCUT2D eigenvalue weighted by Gasteiger charge is -2.15. The van der Waals surface area contributed by atoms with E-state index in [9.17, 15) is 18.4 Å². The molecule has 0 aliphatic heterocycles. The number of ether oxygens (including phenoxy) is 3. The van der Waals surface area contributed by atoms with Crippen molar-refractivity contribution in [3.8, 4) is 5.75 Å². The van der Waals surface area contributed by atoms with Crippen molar-refractivity contribution in [1.29, 1.82) is 0 Å². The summed E-state index contributed by atoms with van der Waals surface area (Å²) < 4.78 is 38.8. The van der Waals surface area contributed by atoms with Gasteiger partial charge in [-0.3, -0.25) is 4.79 Å². The van der Waals surface area contributed by atoms with E-state index in [1.807, 2.05) is 0 Å². The lowest BCUT2D eigenvalue weighted by Crippen LogP contribution is -2.28. The number of amides is 1. The summed E-state index contributed by atoms with van der Waals surface area (Å²) in [6, 6.07) is 3.65. The minimum absolute atomic E-state index is 0. The van der Waals surface area contributed by atoms with Crippen LogP contribution in [0.15, 0.2) is 18.2 Å². The van der Waals surface area contributed by atoms with Crippen molar-refractivity contribution in [1.82, 2.24) is 0 Å². The molecule has 1 rings (SSSR count). The standard InChI is InChI=1S/C14H18F2N2O5.ClH/c1-21-9(7-17)6-12(19)18-10-4-3-8(13(20)22-2)5-11(10)23-14(15)16;/h3-5,9,14H,6-7,17H2,1-2H3,(H,18,19);1H. The highest BCUT2D eigenvalue weighted by molar-refractivity contribution is 5.95. The van der Waals surface area contributed by atoms with Crippen molar-refractivity contribution in [2.24, 2.45) is 5.73 Å². The first-order valence-electron chi connectivity index (χ1n) is 6.61. The minimum Gasteiger partial charge on any atom is -0.465 e. The molecule has 1 aromatic carbocycles. The Bertz CT molecular complexity index is 556. The van der Waals surface area contributed by atoms with Gasteiger partial charge in [0.15, 0.2) is 0 Å². The van der Waals surface area contributed by atoms with Crippen LogP contribution in [-0.2, 0) is 14.3 Å². The quantitative estimate of drug-likeness (QED) is 0.679. The number of nitrogens with two attached hydrogens (primary N) is 1. The number of methoxy groups -OCH3 is 2. The number of halogens is 3. The van der Waals surface area contributed by atoms with Crippen molar-refractivity contribution in [2.75, 3.05) is 26.1 Å². The van der Waals surface area contributed by atoms with Crippen LogP contribution in [0.2, 0.25) is 0 Å². The number of rotatable bonds is 8. The van der Waals surface area contributed by atoms with Crippen LogP contribution in [0, 0.1) is 0 Å². The van der Waals surface area contributed by atoms with E-state index in [0.717, 1.165) is 13.2 Å². The fourth-order valence-corrected chi connectivity index (χ4v) is 1.73. The molecule has 0 saturated heterocycles. The van der Waals surface area contributed by atoms with Crippen molar-refractivity contribution in [2.45, 2.75) is 19.1 Å². The van der Waals surface area contributed by atoms with Crippen molar-refractivity contribution in [3.63, 3.8) is 0 Å². The maximum atomic E-state index is 12.5. The van der Waals surface area contributed by atoms with E-state index in [-0.39, 0.29) is 42.4 Å². The molecular weight excluding hydrogens is 350 g/mol. The van der Waals surface area contributed by atoms with E-state index >= 15 is 0 Å². The van der Waals surface area contributed by atoms with Crippen molar-refractivity contribution in [3.05, 3.63) is 23.8 Å². The summed E-state index contributed by atoms with van der Waals surface area (Å²) in [5.41, 5.74) is 5.42. The average Bonchev–Trinajstić information content (AvgIpc) is 2.52. The molecule has 7 nitrogen and oxygen atoms in total. The first-order chi connectivity index (χ1) is 10.9. The number of esters is 1. The number of benzene rings is 1. The van der Waals surface area contributed by atoms with E-state index in [2.05, 4.69) is 14.8 Å². The normalized spacial score (nSPS) is 11.4. The fourth-order valence-electron chi connectivity index (χ4n) is 1.73. The topological polar surface area (TPSA) is 99.9 Å². The zero-order valence-electron chi connectivity index (χ0n) is 13.1. The average molecular weight is 369 g/mol. The number of anilines is 1. The Labute approximate surface area is 143 Å². The Morgan fingerprint density at radius 1 is 1.29 bits per heavy atom. The molecule has 1 unspecified atom stereocenters. The maximum absolute atomic E-state index is 12.5. The molecular formula is C14H19ClF2N2O5. The van der Waals surface area contributed by atoms with Gasteiger partial charge in [-0.15, -0.1) is 12.4 Å². The fraction of sp³-hybridized carbons (Fsp3) is 0.429. The van der Waals surface area contributed by atoms with E-state index in [1.165, 1.54) is 19.2 Å². The number of alkyl halides is 2. The van der Waals surface area contributed by atoms with E-state index in [4.69, 9.17) is 10.5 Å². The highest BCUT2D eigenvalue weighted by Gasteiger charge is 2.17. The molecule has 0 heterocycles. The SMILES string of the molecule is COC(=O)c1ccc(NC(=O)CC(CN)OC)c(OC(F)F)c1.Cl. The molecule has 0 aliphatic carbocycles. The molecule has 0 bridgehead atoms. The second-order valence-corrected chi connectivity index (χ2v) is 4.43. The van der Waals surface area contributed by atoms with E-state index in [1.54, 1.807) is 0 Å². The van der Waals surface area contributed by atoms with E-state index < -0.39 is 24.6 Å². The van der Waals surface area contributed by atoms with Gasteiger partial charge in [0.1, 0.15) is 5.75 Å². The second kappa shape index (κ2) is 10.7. The first-order valence-corrected chi connectivity index (χ1v) is 6.61. The van der Waals surface area contributed by atoms with Crippen LogP contribution in [0.5, 0.6) is 5.75 Å². The molecule has 24 heavy (non-hydrogen) atoms. The van der Waals surface area contributed by atoms with Gasteiger partial charge in [-0.05, 0) is 18.2 Å². The maximum Gasteiger partial charge on any atom is 0.387 e. The van der Waals surface area contributed by atoms with Crippen LogP contribution in [0.3, 0.4) is 0 Å². The lowest BCUT2D eigenvalue weighted by molar-refractivity contribution is -0.118. The zero-order chi connectivity index (χ0) is 17.4. The summed E-state index contributed by atoms with van der Waals surface area (Å²) in [5.74, 6) is -1.56. The third kappa shape index (κ3) is 6.65. The molecule has 10 heteroatoms. The number of carbonyl (C=O) groups is 2. The predicted octanol–water partition coefficient (Wildman–Crippen LogP) is 1.80. The third-order valence-corrected chi connectivity index (χ3v) is 2.90. The number of hydrogen-bond acceptors (Lipinski definition) is 6. The number of carbonyl (C=O) groups excluding carboxylic acids is 2. The third-order valence-electron chi connectivity index (χ3n) is 2.90. The van der Waals surface area contributed by atoms with Gasteiger partial charge in [0, 0.05) is 13.7 Å². The summed E-state index contributed by atoms with van der Waals surface area (Å²) in [7, 11) is 2.56. The van der Waals surface area contributed by atoms with Gasteiger partial charge < -0.3 is 25.3 Å². The molecule has 1 atom stereocenters. The molecule has 0 aliphatic rings. The molecule has 136 valence electrons. The van der Waals surface area contributed by atoms with Crippen LogP contribution in [0.4, 0.5) is 14.5 Å². The summed E-state index contributed by atoms with van der Waals surface area (Å²) in [6.07, 6.45) is -0.552. The molecule has 0 saturated carbocycles. The Hall–Kier alpha value is -1.97. The van der Waals surface area contributed by atoms with Crippen LogP contribution >= 0.6 is 12.4 Å². The highest BCUT2D eigenvalue weighted by Crippen LogP contribution is 2.28. The predicted molar refractivity (Wildman–Crippen MR) is 84.8 cm³/mol. The first kappa shape index (κ1) is 22.0. The Morgan fingerprint density at radius 3 is 2.46 bits per heavy atom. The molecule has 1 amide bonds. The molecule has 0 fully saturated rings. The van der Waals surface area contributed by atoms with Crippen LogP contribution in [0.1, 0.15) is 16.8 Å². The van der Waals surface area contributed by atoms with Crippen molar-refractivity contribution >= 4 is 30.0 Å². The summed E-state index contributed by atoms with van der Waals surface area (Å²) in [4.78, 5) is 23.3. The molecule has 3 N–H and O–H groups in total. The van der Waals surface area contributed by atoms with Gasteiger partial charge in [0.05, 0.1) is 30.9 Å². The van der Waals surface area contributed by atoms with Gasteiger partial charge in [0.25, 0.3) is 0 Å². The van der Waals surface area contributed by atoms with Crippen molar-refractivity contribution < 1.29 is 32.6 Å². The zero-order valence-corrected chi connectivity index (χ0v) is 13.9. The smallest absolute Gasteiger partial charge is 0.387 e. The highest BCUT2D eigenvalue weighted by atomic mass is 35.5. The van der Waals surface area contributed by atoms with Gasteiger partial charge in [-0.1, -0.05) is 0 Å². The summed E-state index contributed by atoms with van der Waals surface area (Å²) in [6.45, 7) is -2.99. The number of hydrogen-bond donors (Lipinski definition) is 2. The van der Waals surface area contributed by atoms with E-state index in [0.29, 0.717) is 0 Å². The molecule has 0 radical (unpaired) electrons. The largest absolute Gasteiger partial charge is 0.465 e. The Balaban J connectivity index is 0.00000529. The van der Waals surface area contributed by atoms with Gasteiger partial charge in [-0.25, -0.2) is 4.79 Å². The summed E-state index contributed by atoms with van der Waals surface area (Å²) in [5, 5.41) is 2.41. The minimum atomic E-state index is -3.12. The summed E-state index contributed by atoms with van der Waals surface area (Å²) >= 11 is 0. The van der Waals surface area contributed by atoms with Crippen LogP contribution < -0.4 is 15.8 Å². The Kier molecular flexibility index (Phi) is 9.86. The van der Waals surface area contributed by atoms with Gasteiger partial charge in [0.2, 0.25) is 5.91 Å². The second-order valence-electron chi connectivity index (χ2n) is 4.43. The molecule has 1 aromatic rings. The lowest BCUT2D eigenvalue weighted by atomic mass is 10.1.